The van der Waals surface area contributed by atoms with Crippen molar-refractivity contribution in [1.82, 2.24) is 45.8 Å². The molecule has 0 aliphatic carbocycles. The van der Waals surface area contributed by atoms with Crippen LogP contribution in [0.15, 0.2) is 60.7 Å². The fraction of sp³-hybridized carbons (Fsp3) is 0.736. The lowest BCUT2D eigenvalue weighted by Crippen LogP contribution is -2.55. The van der Waals surface area contributed by atoms with Crippen LogP contribution in [-0.2, 0) is 89.3 Å². The average molecular weight is 1770 g/mol. The molecule has 708 valence electrons. The Morgan fingerprint density at radius 2 is 0.839 bits per heavy atom. The standard InChI is InChI=1S/C44H74N4O7.C43H73N5O7.2C2HF3O2/c1-15-29(4)39(47(12)42(53)33(28(2)3)26-37(50)44(9,10)45-11)36(54-13)27-38(51)48-23-19-22-34(48)40(55-14)30(5)35(49)25-32(41(52)46-43(6,7)8)24-31-20-17-16-18-21-31;1-14-29(6)38(46(11)41(52)32(28(4)5)26-36(49)43(8,9)44-10)35(54-12)27-37(50)48-24-20-23-34(48)39(55-13)30(7)40(51)45-33(42(53)47(15-2)16-3)25-31-21-18-17-19-22-31;2*3-2(4,5)1(6)7/h16-18,20-21,28-30,32-34,36,39-40,45H,15,19,22-27H2,1-14H3,(H,46,52);17-19,21-22,28-30,32-35,38-39,44H,14-16,20,23-27H2,1-13H3,(H,45,51);2*(H,6,7)/t29-,30-,32+,33-,34-,36+,39-,40+;29-,30+,32-,33-,34-,35+,38-,39+;;/m00../s1. The van der Waals surface area contributed by atoms with E-state index >= 15 is 0 Å². The van der Waals surface area contributed by atoms with E-state index in [-0.39, 0.29) is 127 Å². The number of likely N-dealkylation sites (tertiary alicyclic amines) is 2. The predicted octanol–water partition coefficient (Wildman–Crippen LogP) is 11.9. The number of methoxy groups -OCH3 is 4. The molecule has 6 N–H and O–H groups in total. The van der Waals surface area contributed by atoms with Crippen LogP contribution in [0.4, 0.5) is 26.3 Å². The maximum absolute atomic E-state index is 14.3. The SMILES string of the molecule is CC[C@H](C)[C@@H]([C@@H](CC(=O)N1CCC[C@H]1[C@H](OC)[C@@H](C)C(=O)C[C@@H](Cc1ccccc1)C(=O)NC(C)(C)C)OC)N(C)C(=O)[C@@H](CC(=O)C(C)(C)NC)C(C)C.CC[C@H](C)[C@@H]([C@@H](CC(=O)N1CCC[C@H]1[C@H](OC)[C@@H](C)C(=O)N[C@@H](Cc1ccccc1)C(=O)N(CC)CC)OC)N(C)C(=O)[C@@H](CC(=O)C(C)(C)NC)C(C)C.O=C(O)C(F)(F)F.O=C(O)C(F)(F)F. The van der Waals surface area contributed by atoms with Crippen LogP contribution in [0, 0.1) is 53.3 Å². The van der Waals surface area contributed by atoms with Crippen molar-refractivity contribution < 1.29 is 113 Å². The van der Waals surface area contributed by atoms with Gasteiger partial charge in [0.15, 0.2) is 11.6 Å². The number of carboxylic acid groups (broad SMARTS) is 2. The van der Waals surface area contributed by atoms with Crippen LogP contribution in [0.25, 0.3) is 0 Å². The summed E-state index contributed by atoms with van der Waals surface area (Å²) in [6, 6.07) is 17.1. The summed E-state index contributed by atoms with van der Waals surface area (Å²) in [5, 5.41) is 26.5. The lowest BCUT2D eigenvalue weighted by molar-refractivity contribution is -0.193. The first-order valence-electron chi connectivity index (χ1n) is 43.3. The molecule has 0 unspecified atom stereocenters. The minimum atomic E-state index is -5.08. The summed E-state index contributed by atoms with van der Waals surface area (Å²) >= 11 is 0. The zero-order chi connectivity index (χ0) is 95.6. The van der Waals surface area contributed by atoms with Gasteiger partial charge < -0.3 is 74.9 Å². The van der Waals surface area contributed by atoms with Gasteiger partial charge in [-0.25, -0.2) is 9.59 Å². The molecule has 0 radical (unpaired) electrons. The van der Waals surface area contributed by atoms with E-state index in [2.05, 4.69) is 49.0 Å². The van der Waals surface area contributed by atoms with Gasteiger partial charge in [0.05, 0.1) is 78.4 Å². The summed E-state index contributed by atoms with van der Waals surface area (Å²) in [5.41, 5.74) is -0.0493. The maximum atomic E-state index is 14.3. The fourth-order valence-corrected chi connectivity index (χ4v) is 15.7. The number of carbonyl (C=O) groups is 12. The summed E-state index contributed by atoms with van der Waals surface area (Å²) < 4.78 is 87.6. The highest BCUT2D eigenvalue weighted by Crippen LogP contribution is 2.35. The Hall–Kier alpha value is -7.98. The molecule has 27 nitrogen and oxygen atoms in total. The van der Waals surface area contributed by atoms with Crippen molar-refractivity contribution >= 4 is 70.6 Å². The summed E-state index contributed by atoms with van der Waals surface area (Å²) in [6.45, 7) is 38.7. The molecule has 0 aromatic heterocycles. The van der Waals surface area contributed by atoms with Gasteiger partial charge in [0, 0.05) is 124 Å². The highest BCUT2D eigenvalue weighted by Gasteiger charge is 2.48. The van der Waals surface area contributed by atoms with E-state index in [1.165, 1.54) is 0 Å². The van der Waals surface area contributed by atoms with Crippen LogP contribution in [-0.4, -0.2) is 272 Å². The summed E-state index contributed by atoms with van der Waals surface area (Å²) in [4.78, 5) is 165. The summed E-state index contributed by atoms with van der Waals surface area (Å²) in [5.74, 6) is -9.81. The predicted molar refractivity (Wildman–Crippen MR) is 463 cm³/mol. The third kappa shape index (κ3) is 35.3. The van der Waals surface area contributed by atoms with Crippen molar-refractivity contribution in [2.75, 3.05) is 82.8 Å². The van der Waals surface area contributed by atoms with Crippen LogP contribution in [0.2, 0.25) is 0 Å². The third-order valence-corrected chi connectivity index (χ3v) is 24.4. The van der Waals surface area contributed by atoms with E-state index in [9.17, 15) is 74.3 Å². The van der Waals surface area contributed by atoms with Crippen LogP contribution < -0.4 is 21.3 Å². The van der Waals surface area contributed by atoms with Gasteiger partial charge in [-0.2, -0.15) is 26.3 Å². The smallest absolute Gasteiger partial charge is 0.475 e. The highest BCUT2D eigenvalue weighted by molar-refractivity contribution is 5.94. The molecule has 4 rings (SSSR count). The summed E-state index contributed by atoms with van der Waals surface area (Å²) in [7, 11) is 13.3. The minimum absolute atomic E-state index is 0.00187. The normalized spacial score (nSPS) is 17.9. The molecule has 2 aliphatic rings. The van der Waals surface area contributed by atoms with Crippen molar-refractivity contribution in [2.45, 2.75) is 299 Å². The number of carbonyl (C=O) groups excluding carboxylic acids is 10. The lowest BCUT2D eigenvalue weighted by Gasteiger charge is -2.41. The number of ketones is 3. The van der Waals surface area contributed by atoms with Crippen molar-refractivity contribution in [3.05, 3.63) is 71.8 Å². The van der Waals surface area contributed by atoms with Gasteiger partial charge in [-0.3, -0.25) is 47.9 Å². The largest absolute Gasteiger partial charge is 0.490 e. The second-order valence-electron chi connectivity index (χ2n) is 35.5. The second-order valence-corrected chi connectivity index (χ2v) is 35.5. The molecule has 124 heavy (non-hydrogen) atoms. The van der Waals surface area contributed by atoms with E-state index in [0.717, 1.165) is 36.8 Å². The van der Waals surface area contributed by atoms with Gasteiger partial charge in [0.25, 0.3) is 0 Å². The van der Waals surface area contributed by atoms with Gasteiger partial charge in [-0.1, -0.05) is 143 Å². The molecular weight excluding hydrogens is 1620 g/mol. The van der Waals surface area contributed by atoms with Crippen LogP contribution >= 0.6 is 0 Å². The molecule has 2 fully saturated rings. The number of Topliss-reactive ketones (excluding diaryl/α,β-unsaturated/α-hetero) is 3. The van der Waals surface area contributed by atoms with Gasteiger partial charge in [0.2, 0.25) is 41.4 Å². The number of hydrogen-bond donors (Lipinski definition) is 6. The van der Waals surface area contributed by atoms with Gasteiger partial charge in [0.1, 0.15) is 11.8 Å². The number of nitrogens with one attached hydrogen (secondary N) is 4. The van der Waals surface area contributed by atoms with E-state index in [1.54, 1.807) is 83.2 Å². The number of likely N-dealkylation sites (N-methyl/N-ethyl adjacent to an activating group) is 5. The number of nitrogens with zero attached hydrogens (tertiary/aromatic N) is 5. The molecule has 2 aromatic carbocycles. The quantitative estimate of drug-likeness (QED) is 0.0335. The maximum Gasteiger partial charge on any atom is 0.490 e. The molecule has 0 saturated carbocycles. The number of rotatable bonds is 45. The molecule has 0 bridgehead atoms. The second kappa shape index (κ2) is 53.0. The molecule has 2 aromatic rings. The molecule has 33 heteroatoms. The van der Waals surface area contributed by atoms with Gasteiger partial charge in [-0.05, 0) is 143 Å². The van der Waals surface area contributed by atoms with Crippen molar-refractivity contribution in [3.8, 4) is 0 Å². The molecule has 0 spiro atoms. The first-order chi connectivity index (χ1) is 57.4. The number of hydrogen-bond acceptors (Lipinski definition) is 18. The Morgan fingerprint density at radius 3 is 1.14 bits per heavy atom. The Kier molecular flexibility index (Phi) is 48.7. The molecular formula is C91H149F6N9O18. The minimum Gasteiger partial charge on any atom is -0.475 e. The Morgan fingerprint density at radius 1 is 0.492 bits per heavy atom. The number of amides is 7. The number of aliphatic carboxylic acids is 2. The topological polar surface area (TPSA) is 347 Å². The Balaban J connectivity index is 0.00000107. The fourth-order valence-electron chi connectivity index (χ4n) is 15.7. The number of halogens is 6. The van der Waals surface area contributed by atoms with E-state index in [4.69, 9.17) is 38.7 Å². The third-order valence-electron chi connectivity index (χ3n) is 24.4. The molecule has 2 saturated heterocycles. The molecule has 16 atom stereocenters. The molecule has 2 aliphatic heterocycles. The number of benzene rings is 2. The lowest BCUT2D eigenvalue weighted by atomic mass is 9.83. The highest BCUT2D eigenvalue weighted by atomic mass is 19.4. The van der Waals surface area contributed by atoms with Crippen LogP contribution in [0.5, 0.6) is 0 Å². The zero-order valence-corrected chi connectivity index (χ0v) is 78.6. The molecule has 7 amide bonds. The van der Waals surface area contributed by atoms with E-state index < -0.39 is 113 Å². The zero-order valence-electron chi connectivity index (χ0n) is 78.6. The number of ether oxygens (including phenoxy) is 4. The Labute approximate surface area is 732 Å². The average Bonchev–Trinajstić information content (AvgIpc) is 1.63. The van der Waals surface area contributed by atoms with Crippen LogP contribution in [0.1, 0.15) is 213 Å². The monoisotopic (exact) mass is 1770 g/mol. The van der Waals surface area contributed by atoms with Crippen molar-refractivity contribution in [3.63, 3.8) is 0 Å². The van der Waals surface area contributed by atoms with E-state index in [1.807, 2.05) is 162 Å². The Bertz CT molecular complexity index is 3650. The number of carboxylic acids is 2. The summed E-state index contributed by atoms with van der Waals surface area (Å²) in [6.07, 6.45) is -7.07. The van der Waals surface area contributed by atoms with Crippen molar-refractivity contribution in [1.29, 1.82) is 0 Å². The van der Waals surface area contributed by atoms with Crippen molar-refractivity contribution in [2.24, 2.45) is 53.3 Å². The van der Waals surface area contributed by atoms with E-state index in [0.29, 0.717) is 51.9 Å². The first kappa shape index (κ1) is 114. The number of alkyl halides is 6. The first-order valence-corrected chi connectivity index (χ1v) is 43.3. The van der Waals surface area contributed by atoms with Gasteiger partial charge >= 0.3 is 24.3 Å². The van der Waals surface area contributed by atoms with Crippen LogP contribution in [0.3, 0.4) is 0 Å². The van der Waals surface area contributed by atoms with Gasteiger partial charge in [-0.15, -0.1) is 0 Å². The molecule has 2 heterocycles.